The van der Waals surface area contributed by atoms with Crippen molar-refractivity contribution in [3.8, 4) is 0 Å². The first kappa shape index (κ1) is 23.5. The monoisotopic (exact) mass is 451 g/mol. The van der Waals surface area contributed by atoms with Gasteiger partial charge in [-0.2, -0.15) is 4.99 Å². The van der Waals surface area contributed by atoms with Crippen molar-refractivity contribution in [1.29, 1.82) is 0 Å². The topological polar surface area (TPSA) is 46.5 Å². The van der Waals surface area contributed by atoms with Crippen LogP contribution in [0.15, 0.2) is 17.1 Å². The Kier molecular flexibility index (Phi) is 5.10. The number of isocyanates is 1. The average Bonchev–Trinajstić information content (AvgIpc) is 3.12. The Bertz CT molecular complexity index is 930. The number of hydrogen-bond acceptors (Lipinski definition) is 3. The van der Waals surface area contributed by atoms with Crippen molar-refractivity contribution in [1.82, 2.24) is 0 Å². The van der Waals surface area contributed by atoms with E-state index in [-0.39, 0.29) is 27.2 Å². The van der Waals surface area contributed by atoms with Crippen molar-refractivity contribution in [2.45, 2.75) is 111 Å². The fourth-order valence-electron chi connectivity index (χ4n) is 11.2. The molecule has 0 amide bonds. The maximum absolute atomic E-state index is 12.9. The molecule has 5 aliphatic rings. The molecule has 0 radical (unpaired) electrons. The molecule has 0 aliphatic heterocycles. The number of carbonyl (C=O) groups excluding carboxylic acids is 2. The normalized spacial score (nSPS) is 52.5. The Morgan fingerprint density at radius 2 is 1.64 bits per heavy atom. The average molecular weight is 452 g/mol. The summed E-state index contributed by atoms with van der Waals surface area (Å²) in [5.74, 6) is 3.16. The zero-order valence-corrected chi connectivity index (χ0v) is 21.9. The van der Waals surface area contributed by atoms with Gasteiger partial charge in [0.2, 0.25) is 6.08 Å². The van der Waals surface area contributed by atoms with E-state index >= 15 is 0 Å². The Morgan fingerprint density at radius 3 is 2.30 bits per heavy atom. The van der Waals surface area contributed by atoms with Crippen LogP contribution in [0.5, 0.6) is 0 Å². The molecular formula is C30H45NO2. The molecule has 0 aromatic carbocycles. The molecule has 5 aliphatic carbocycles. The summed E-state index contributed by atoms with van der Waals surface area (Å²) in [5, 5.41) is 0. The van der Waals surface area contributed by atoms with Crippen LogP contribution in [0.2, 0.25) is 0 Å². The number of Topliss-reactive ketones (excluding diaryl/α,β-unsaturated/α-hetero) is 1. The van der Waals surface area contributed by atoms with Gasteiger partial charge in [-0.05, 0) is 111 Å². The Hall–Kier alpha value is -1.21. The van der Waals surface area contributed by atoms with E-state index in [1.807, 2.05) is 6.08 Å². The zero-order chi connectivity index (χ0) is 24.0. The smallest absolute Gasteiger partial charge is 0.235 e. The molecule has 5 saturated carbocycles. The number of allylic oxidation sites excluding steroid dienone is 1. The predicted molar refractivity (Wildman–Crippen MR) is 132 cm³/mol. The van der Waals surface area contributed by atoms with Gasteiger partial charge < -0.3 is 0 Å². The van der Waals surface area contributed by atoms with Crippen LogP contribution in [0.25, 0.3) is 0 Å². The van der Waals surface area contributed by atoms with Gasteiger partial charge in [0.05, 0.1) is 5.54 Å². The van der Waals surface area contributed by atoms with Gasteiger partial charge in [-0.15, -0.1) is 0 Å². The van der Waals surface area contributed by atoms with Gasteiger partial charge in [-0.1, -0.05) is 46.8 Å². The highest BCUT2D eigenvalue weighted by atomic mass is 16.1. The maximum Gasteiger partial charge on any atom is 0.235 e. The SMILES string of the molecule is C=C(C)[C@@H]1CCC2(N=C=O)CC[C@]3(C)C(CCC4[C@@]5(C)CCC(=O)C(C)(C)C5CC[C@]43C)C12. The number of fused-ring (bicyclic) bond motifs is 7. The van der Waals surface area contributed by atoms with Gasteiger partial charge in [0, 0.05) is 11.8 Å². The molecule has 5 rings (SSSR count). The van der Waals surface area contributed by atoms with Crippen LogP contribution >= 0.6 is 0 Å². The molecule has 0 saturated heterocycles. The third kappa shape index (κ3) is 2.78. The molecule has 3 nitrogen and oxygen atoms in total. The van der Waals surface area contributed by atoms with Crippen LogP contribution in [0.4, 0.5) is 0 Å². The van der Waals surface area contributed by atoms with Crippen molar-refractivity contribution >= 4 is 11.9 Å². The van der Waals surface area contributed by atoms with Crippen LogP contribution in [0, 0.1) is 51.2 Å². The first-order valence-corrected chi connectivity index (χ1v) is 13.7. The standard InChI is InChI=1S/C30H45NO2/c1-19(2)20-10-15-30(31-18-32)17-16-28(6)21(25(20)30)8-9-23-27(5)13-12-24(33)26(3,4)22(27)11-14-29(23,28)7/h20-23,25H,1,8-17H2,2-7H3/t20-,21?,22?,23?,25?,27-,28+,29+,30?/m0/s1. The molecule has 182 valence electrons. The minimum Gasteiger partial charge on any atom is -0.299 e. The molecule has 0 spiro atoms. The lowest BCUT2D eigenvalue weighted by atomic mass is 9.32. The first-order valence-electron chi connectivity index (χ1n) is 13.7. The Labute approximate surface area is 201 Å². The van der Waals surface area contributed by atoms with Crippen molar-refractivity contribution in [2.24, 2.45) is 56.2 Å². The molecule has 0 bridgehead atoms. The second kappa shape index (κ2) is 7.16. The van der Waals surface area contributed by atoms with E-state index in [0.717, 1.165) is 32.1 Å². The highest BCUT2D eigenvalue weighted by Gasteiger charge is 2.71. The largest absolute Gasteiger partial charge is 0.299 e. The van der Waals surface area contributed by atoms with Crippen molar-refractivity contribution in [3.63, 3.8) is 0 Å². The van der Waals surface area contributed by atoms with Gasteiger partial charge in [0.25, 0.3) is 0 Å². The Morgan fingerprint density at radius 1 is 0.909 bits per heavy atom. The van der Waals surface area contributed by atoms with E-state index in [1.165, 1.54) is 37.7 Å². The van der Waals surface area contributed by atoms with E-state index < -0.39 is 0 Å². The molecule has 9 atom stereocenters. The molecule has 33 heavy (non-hydrogen) atoms. The molecule has 5 fully saturated rings. The van der Waals surface area contributed by atoms with Crippen LogP contribution in [-0.4, -0.2) is 17.4 Å². The molecule has 0 aromatic heterocycles. The van der Waals surface area contributed by atoms with E-state index in [1.54, 1.807) is 0 Å². The number of nitrogens with zero attached hydrogens (tertiary/aromatic N) is 1. The van der Waals surface area contributed by atoms with Crippen molar-refractivity contribution in [2.75, 3.05) is 0 Å². The van der Waals surface area contributed by atoms with Crippen LogP contribution in [0.3, 0.4) is 0 Å². The number of carbonyl (C=O) groups is 1. The number of aliphatic imine (C=N–C) groups is 1. The summed E-state index contributed by atoms with van der Waals surface area (Å²) < 4.78 is 0. The second-order valence-electron chi connectivity index (χ2n) is 14.1. The van der Waals surface area contributed by atoms with Gasteiger partial charge in [-0.3, -0.25) is 4.79 Å². The Balaban J connectivity index is 1.57. The van der Waals surface area contributed by atoms with Gasteiger partial charge in [0.15, 0.2) is 0 Å². The van der Waals surface area contributed by atoms with Crippen LogP contribution in [-0.2, 0) is 9.59 Å². The fraction of sp³-hybridized carbons (Fsp3) is 0.867. The van der Waals surface area contributed by atoms with Crippen molar-refractivity contribution in [3.05, 3.63) is 12.2 Å². The minimum atomic E-state index is -0.209. The zero-order valence-electron chi connectivity index (χ0n) is 21.9. The van der Waals surface area contributed by atoms with Crippen LogP contribution < -0.4 is 0 Å². The lowest BCUT2D eigenvalue weighted by Gasteiger charge is -2.72. The third-order valence-electron chi connectivity index (χ3n) is 13.0. The highest BCUT2D eigenvalue weighted by molar-refractivity contribution is 5.85. The summed E-state index contributed by atoms with van der Waals surface area (Å²) >= 11 is 0. The van der Waals surface area contributed by atoms with E-state index in [9.17, 15) is 9.59 Å². The highest BCUT2D eigenvalue weighted by Crippen LogP contribution is 2.76. The van der Waals surface area contributed by atoms with E-state index in [0.29, 0.717) is 35.4 Å². The van der Waals surface area contributed by atoms with E-state index in [2.05, 4.69) is 53.1 Å². The molecule has 0 heterocycles. The minimum absolute atomic E-state index is 0.191. The predicted octanol–water partition coefficient (Wildman–Crippen LogP) is 7.30. The quantitative estimate of drug-likeness (QED) is 0.251. The number of hydrogen-bond donors (Lipinski definition) is 0. The summed E-state index contributed by atoms with van der Waals surface area (Å²) in [5.41, 5.74) is 1.65. The van der Waals surface area contributed by atoms with Gasteiger partial charge >= 0.3 is 0 Å². The summed E-state index contributed by atoms with van der Waals surface area (Å²) in [7, 11) is 0. The summed E-state index contributed by atoms with van der Waals surface area (Å²) in [4.78, 5) is 29.1. The van der Waals surface area contributed by atoms with Crippen LogP contribution in [0.1, 0.15) is 106 Å². The lowest BCUT2D eigenvalue weighted by Crippen LogP contribution is -2.66. The number of ketones is 1. The molecule has 3 heteroatoms. The molecule has 0 aromatic rings. The molecular weight excluding hydrogens is 406 g/mol. The summed E-state index contributed by atoms with van der Waals surface area (Å²) in [6, 6.07) is 0. The summed E-state index contributed by atoms with van der Waals surface area (Å²) in [6.45, 7) is 18.8. The fourth-order valence-corrected chi connectivity index (χ4v) is 11.2. The summed E-state index contributed by atoms with van der Waals surface area (Å²) in [6.07, 6.45) is 13.1. The van der Waals surface area contributed by atoms with Gasteiger partial charge in [-0.25, -0.2) is 4.79 Å². The molecule has 0 N–H and O–H groups in total. The third-order valence-corrected chi connectivity index (χ3v) is 13.0. The van der Waals surface area contributed by atoms with E-state index in [4.69, 9.17) is 0 Å². The number of rotatable bonds is 2. The maximum atomic E-state index is 12.9. The second-order valence-corrected chi connectivity index (χ2v) is 14.1. The first-order chi connectivity index (χ1) is 15.4. The van der Waals surface area contributed by atoms with Crippen molar-refractivity contribution < 1.29 is 9.59 Å². The molecule has 5 unspecified atom stereocenters. The lowest BCUT2D eigenvalue weighted by molar-refractivity contribution is -0.227. The van der Waals surface area contributed by atoms with Gasteiger partial charge in [0.1, 0.15) is 5.78 Å².